The van der Waals surface area contributed by atoms with Crippen molar-refractivity contribution in [2.75, 3.05) is 19.7 Å². The molecule has 26 heavy (non-hydrogen) atoms. The lowest BCUT2D eigenvalue weighted by molar-refractivity contribution is -0.0533. The Morgan fingerprint density at radius 3 is 2.42 bits per heavy atom. The van der Waals surface area contributed by atoms with Crippen LogP contribution in [0.4, 0.5) is 13.2 Å². The van der Waals surface area contributed by atoms with Crippen molar-refractivity contribution >= 4 is 5.91 Å². The highest BCUT2D eigenvalue weighted by molar-refractivity contribution is 5.94. The molecule has 1 aliphatic rings. The number of ether oxygens (including phenoxy) is 1. The largest absolute Gasteiger partial charge is 0.491 e. The molecule has 0 aromatic heterocycles. The molecule has 3 rings (SSSR count). The van der Waals surface area contributed by atoms with Crippen LogP contribution < -0.4 is 4.74 Å². The van der Waals surface area contributed by atoms with Gasteiger partial charge >= 0.3 is 0 Å². The van der Waals surface area contributed by atoms with Crippen LogP contribution in [-0.4, -0.2) is 41.2 Å². The summed E-state index contributed by atoms with van der Waals surface area (Å²) in [5.41, 5.74) is -1.99. The number of halogens is 3. The molecule has 1 amide bonds. The summed E-state index contributed by atoms with van der Waals surface area (Å²) in [7, 11) is 0. The molecule has 0 aliphatic carbocycles. The number of rotatable bonds is 4. The van der Waals surface area contributed by atoms with Gasteiger partial charge in [-0.05, 0) is 49.2 Å². The number of piperidine rings is 1. The number of likely N-dealkylation sites (tertiary alicyclic amines) is 1. The fraction of sp³-hybridized carbons (Fsp3) is 0.316. The summed E-state index contributed by atoms with van der Waals surface area (Å²) in [5.74, 6) is -2.71. The average Bonchev–Trinajstić information content (AvgIpc) is 2.61. The second kappa shape index (κ2) is 7.37. The third-order valence-corrected chi connectivity index (χ3v) is 4.34. The first kappa shape index (κ1) is 18.3. The zero-order valence-corrected chi connectivity index (χ0v) is 13.9. The van der Waals surface area contributed by atoms with Crippen LogP contribution in [0.2, 0.25) is 0 Å². The summed E-state index contributed by atoms with van der Waals surface area (Å²) in [6.07, 6.45) is 0.836. The van der Waals surface area contributed by atoms with E-state index in [1.165, 1.54) is 35.2 Å². The van der Waals surface area contributed by atoms with Gasteiger partial charge in [0.2, 0.25) is 0 Å². The normalized spacial score (nSPS) is 20.1. The Balaban J connectivity index is 1.69. The van der Waals surface area contributed by atoms with Crippen molar-refractivity contribution < 1.29 is 27.8 Å². The van der Waals surface area contributed by atoms with E-state index in [4.69, 9.17) is 4.74 Å². The number of aliphatic hydroxyl groups is 1. The standard InChI is InChI=1S/C19H18F3NO3/c20-13-5-7-14(8-6-13)26-12-19(25)9-2-10-23(11-19)18(24)17-15(21)3-1-4-16(17)22/h1,3-8,25H,2,9-12H2. The van der Waals surface area contributed by atoms with E-state index in [9.17, 15) is 23.1 Å². The summed E-state index contributed by atoms with van der Waals surface area (Å²) in [6.45, 7) is 0.0500. The number of carbonyl (C=O) groups excluding carboxylic acids is 1. The zero-order valence-electron chi connectivity index (χ0n) is 13.9. The maximum Gasteiger partial charge on any atom is 0.259 e. The molecule has 7 heteroatoms. The number of nitrogens with zero attached hydrogens (tertiary/aromatic N) is 1. The van der Waals surface area contributed by atoms with Crippen LogP contribution in [0.15, 0.2) is 42.5 Å². The molecule has 1 heterocycles. The first-order chi connectivity index (χ1) is 12.4. The molecule has 2 aromatic rings. The van der Waals surface area contributed by atoms with Gasteiger partial charge in [-0.2, -0.15) is 0 Å². The minimum absolute atomic E-state index is 0.110. The molecule has 1 atom stereocenters. The second-order valence-corrected chi connectivity index (χ2v) is 6.39. The lowest BCUT2D eigenvalue weighted by Gasteiger charge is -2.39. The number of hydrogen-bond acceptors (Lipinski definition) is 3. The Labute approximate surface area is 148 Å². The van der Waals surface area contributed by atoms with Crippen LogP contribution >= 0.6 is 0 Å². The molecule has 1 N–H and O–H groups in total. The third-order valence-electron chi connectivity index (χ3n) is 4.34. The van der Waals surface area contributed by atoms with Gasteiger partial charge in [0.15, 0.2) is 0 Å². The fourth-order valence-electron chi connectivity index (χ4n) is 3.01. The first-order valence-corrected chi connectivity index (χ1v) is 8.22. The van der Waals surface area contributed by atoms with Crippen LogP contribution in [0.25, 0.3) is 0 Å². The van der Waals surface area contributed by atoms with Gasteiger partial charge in [-0.1, -0.05) is 6.07 Å². The van der Waals surface area contributed by atoms with Gasteiger partial charge in [0, 0.05) is 6.54 Å². The Hall–Kier alpha value is -2.54. The van der Waals surface area contributed by atoms with Crippen LogP contribution in [0, 0.1) is 17.5 Å². The lowest BCUT2D eigenvalue weighted by atomic mass is 9.93. The van der Waals surface area contributed by atoms with E-state index < -0.39 is 34.5 Å². The number of benzene rings is 2. The number of hydrogen-bond donors (Lipinski definition) is 1. The maximum absolute atomic E-state index is 13.8. The zero-order chi connectivity index (χ0) is 18.7. The number of amides is 1. The summed E-state index contributed by atoms with van der Waals surface area (Å²) < 4.78 is 46.1. The fourth-order valence-corrected chi connectivity index (χ4v) is 3.01. The second-order valence-electron chi connectivity index (χ2n) is 6.39. The van der Waals surface area contributed by atoms with E-state index in [-0.39, 0.29) is 19.7 Å². The molecule has 1 aliphatic heterocycles. The maximum atomic E-state index is 13.8. The van der Waals surface area contributed by atoms with Gasteiger partial charge in [0.05, 0.1) is 6.54 Å². The van der Waals surface area contributed by atoms with E-state index in [0.717, 1.165) is 12.1 Å². The molecule has 0 saturated carbocycles. The quantitative estimate of drug-likeness (QED) is 0.906. The van der Waals surface area contributed by atoms with Gasteiger partial charge in [-0.15, -0.1) is 0 Å². The van der Waals surface area contributed by atoms with Crippen LogP contribution in [0.1, 0.15) is 23.2 Å². The Morgan fingerprint density at radius 1 is 1.12 bits per heavy atom. The van der Waals surface area contributed by atoms with Crippen molar-refractivity contribution in [3.05, 3.63) is 65.5 Å². The van der Waals surface area contributed by atoms with Crippen molar-refractivity contribution in [3.8, 4) is 5.75 Å². The molecular weight excluding hydrogens is 347 g/mol. The first-order valence-electron chi connectivity index (χ1n) is 8.22. The molecule has 1 fully saturated rings. The Kier molecular flexibility index (Phi) is 5.18. The monoisotopic (exact) mass is 365 g/mol. The minimum Gasteiger partial charge on any atom is -0.491 e. The smallest absolute Gasteiger partial charge is 0.259 e. The van der Waals surface area contributed by atoms with E-state index in [0.29, 0.717) is 18.6 Å². The van der Waals surface area contributed by atoms with E-state index in [2.05, 4.69) is 0 Å². The van der Waals surface area contributed by atoms with Crippen LogP contribution in [0.5, 0.6) is 5.75 Å². The summed E-state index contributed by atoms with van der Waals surface area (Å²) in [6, 6.07) is 8.55. The predicted octanol–water partition coefficient (Wildman–Crippen LogP) is 3.15. The van der Waals surface area contributed by atoms with Crippen molar-refractivity contribution in [1.82, 2.24) is 4.90 Å². The summed E-state index contributed by atoms with van der Waals surface area (Å²) in [5, 5.41) is 10.7. The average molecular weight is 365 g/mol. The summed E-state index contributed by atoms with van der Waals surface area (Å²) >= 11 is 0. The van der Waals surface area contributed by atoms with Gasteiger partial charge in [-0.25, -0.2) is 13.2 Å². The Morgan fingerprint density at radius 2 is 1.77 bits per heavy atom. The van der Waals surface area contributed by atoms with E-state index in [1.54, 1.807) is 0 Å². The predicted molar refractivity (Wildman–Crippen MR) is 88.3 cm³/mol. The van der Waals surface area contributed by atoms with Crippen molar-refractivity contribution in [3.63, 3.8) is 0 Å². The highest BCUT2D eigenvalue weighted by atomic mass is 19.1. The molecule has 1 unspecified atom stereocenters. The number of carbonyl (C=O) groups is 1. The molecule has 0 spiro atoms. The topological polar surface area (TPSA) is 49.8 Å². The van der Waals surface area contributed by atoms with Gasteiger partial charge in [-0.3, -0.25) is 4.79 Å². The highest BCUT2D eigenvalue weighted by Crippen LogP contribution is 2.25. The van der Waals surface area contributed by atoms with Gasteiger partial charge in [0.25, 0.3) is 5.91 Å². The minimum atomic E-state index is -1.36. The van der Waals surface area contributed by atoms with Crippen LogP contribution in [-0.2, 0) is 0 Å². The van der Waals surface area contributed by atoms with Gasteiger partial charge < -0.3 is 14.7 Å². The van der Waals surface area contributed by atoms with E-state index in [1.807, 2.05) is 0 Å². The molecule has 2 aromatic carbocycles. The van der Waals surface area contributed by atoms with Gasteiger partial charge in [0.1, 0.15) is 41.0 Å². The molecule has 4 nitrogen and oxygen atoms in total. The molecular formula is C19H18F3NO3. The molecule has 0 bridgehead atoms. The lowest BCUT2D eigenvalue weighted by Crippen LogP contribution is -2.53. The van der Waals surface area contributed by atoms with E-state index >= 15 is 0 Å². The van der Waals surface area contributed by atoms with Crippen molar-refractivity contribution in [1.29, 1.82) is 0 Å². The molecule has 138 valence electrons. The number of β-amino-alcohol motifs (C(OH)–C–C–N with tert-alkyl or cyclic N) is 1. The summed E-state index contributed by atoms with van der Waals surface area (Å²) in [4.78, 5) is 13.7. The SMILES string of the molecule is O=C(c1c(F)cccc1F)N1CCCC(O)(COc2ccc(F)cc2)C1. The van der Waals surface area contributed by atoms with Crippen molar-refractivity contribution in [2.24, 2.45) is 0 Å². The molecule has 1 saturated heterocycles. The molecule has 0 radical (unpaired) electrons. The Bertz CT molecular complexity index is 777. The van der Waals surface area contributed by atoms with Crippen molar-refractivity contribution in [2.45, 2.75) is 18.4 Å². The highest BCUT2D eigenvalue weighted by Gasteiger charge is 2.37. The third kappa shape index (κ3) is 3.99. The van der Waals surface area contributed by atoms with Crippen LogP contribution in [0.3, 0.4) is 0 Å².